The van der Waals surface area contributed by atoms with Gasteiger partial charge in [-0.3, -0.25) is 19.2 Å². The molecular weight excluding hydrogens is 511 g/mol. The lowest BCUT2D eigenvalue weighted by Crippen LogP contribution is -2.69. The van der Waals surface area contributed by atoms with Gasteiger partial charge in [-0.25, -0.2) is 4.39 Å². The van der Waals surface area contributed by atoms with Crippen molar-refractivity contribution in [3.63, 3.8) is 0 Å². The third-order valence-electron chi connectivity index (χ3n) is 10.3. The molecule has 3 saturated carbocycles. The van der Waals surface area contributed by atoms with E-state index in [1.807, 2.05) is 6.26 Å². The van der Waals surface area contributed by atoms with Crippen LogP contribution in [0.15, 0.2) is 23.8 Å². The Kier molecular flexibility index (Phi) is 7.75. The smallest absolute Gasteiger partial charge is 0.242 e. The standard InChI is InChI=1S/C28H39FN2O6S/c1-16-11-20-19-6-5-17-12-18(33)7-9-25(17,2)27(19,29)22(34)13-26(20,3)28(16,37)23(35)14-30-24(36)21(31-15-32)8-10-38-4/h7,9,12,15-16,19-22,34,37H,5-6,8,10-11,13-14H2,1-4H3,(H,30,36)(H,31,32)/t16-,19-,20-,21?,22-,25-,26-,27?,28-/m0/s1. The second kappa shape index (κ2) is 10.2. The molecule has 9 atom stereocenters. The Hall–Kier alpha value is -2.04. The van der Waals surface area contributed by atoms with Crippen molar-refractivity contribution in [2.24, 2.45) is 28.6 Å². The summed E-state index contributed by atoms with van der Waals surface area (Å²) in [6.45, 7) is 4.81. The van der Waals surface area contributed by atoms with Crippen LogP contribution in [0.2, 0.25) is 0 Å². The SMILES string of the molecule is CSCCC(NC=O)C(=O)NCC(=O)[C@@]1(O)[C@@H](C)C[C@H]2[C@@H]3CCC4=CC(=O)C=C[C@]4(C)C3(F)[C@@H](O)C[C@@]21C. The van der Waals surface area contributed by atoms with Crippen molar-refractivity contribution < 1.29 is 33.8 Å². The number of carbonyl (C=O) groups is 4. The second-order valence-electron chi connectivity index (χ2n) is 11.9. The first-order valence-corrected chi connectivity index (χ1v) is 14.7. The van der Waals surface area contributed by atoms with Crippen LogP contribution < -0.4 is 10.6 Å². The van der Waals surface area contributed by atoms with E-state index in [0.717, 1.165) is 0 Å². The molecule has 0 aliphatic heterocycles. The van der Waals surface area contributed by atoms with Crippen molar-refractivity contribution >= 4 is 35.6 Å². The molecule has 0 bridgehead atoms. The summed E-state index contributed by atoms with van der Waals surface area (Å²) in [5, 5.41) is 28.5. The maximum atomic E-state index is 17.2. The first-order chi connectivity index (χ1) is 17.8. The summed E-state index contributed by atoms with van der Waals surface area (Å²) >= 11 is 1.52. The Labute approximate surface area is 227 Å². The molecule has 8 nitrogen and oxygen atoms in total. The highest BCUT2D eigenvalue weighted by molar-refractivity contribution is 7.98. The zero-order valence-electron chi connectivity index (χ0n) is 22.5. The minimum Gasteiger partial charge on any atom is -0.390 e. The van der Waals surface area contributed by atoms with Gasteiger partial charge in [-0.15, -0.1) is 0 Å². The van der Waals surface area contributed by atoms with Crippen LogP contribution in [0.4, 0.5) is 4.39 Å². The van der Waals surface area contributed by atoms with Crippen molar-refractivity contribution in [2.45, 2.75) is 76.3 Å². The van der Waals surface area contributed by atoms with Gasteiger partial charge in [0, 0.05) is 16.7 Å². The van der Waals surface area contributed by atoms with E-state index in [-0.39, 0.29) is 18.1 Å². The molecule has 3 fully saturated rings. The van der Waals surface area contributed by atoms with Gasteiger partial charge < -0.3 is 20.8 Å². The monoisotopic (exact) mass is 550 g/mol. The molecule has 4 aliphatic carbocycles. The van der Waals surface area contributed by atoms with E-state index in [2.05, 4.69) is 10.6 Å². The highest BCUT2D eigenvalue weighted by Gasteiger charge is 2.75. The van der Waals surface area contributed by atoms with Crippen molar-refractivity contribution in [2.75, 3.05) is 18.6 Å². The second-order valence-corrected chi connectivity index (χ2v) is 12.9. The van der Waals surface area contributed by atoms with Gasteiger partial charge in [0.2, 0.25) is 12.3 Å². The fourth-order valence-corrected chi connectivity index (χ4v) is 8.65. The number of nitrogens with one attached hydrogen (secondary N) is 2. The molecule has 0 aromatic heterocycles. The highest BCUT2D eigenvalue weighted by atomic mass is 32.2. The number of ketones is 2. The average molecular weight is 551 g/mol. The number of hydrogen-bond acceptors (Lipinski definition) is 7. The minimum absolute atomic E-state index is 0.126. The van der Waals surface area contributed by atoms with E-state index in [9.17, 15) is 29.4 Å². The van der Waals surface area contributed by atoms with Gasteiger partial charge in [0.1, 0.15) is 11.6 Å². The maximum Gasteiger partial charge on any atom is 0.242 e. The van der Waals surface area contributed by atoms with E-state index >= 15 is 4.39 Å². The Morgan fingerprint density at radius 1 is 1.32 bits per heavy atom. The first-order valence-electron chi connectivity index (χ1n) is 13.3. The Bertz CT molecular complexity index is 1080. The van der Waals surface area contributed by atoms with Crippen molar-refractivity contribution in [3.05, 3.63) is 23.8 Å². The lowest BCUT2D eigenvalue weighted by atomic mass is 9.44. The number of fused-ring (bicyclic) bond motifs is 5. The maximum absolute atomic E-state index is 17.2. The van der Waals surface area contributed by atoms with Crippen molar-refractivity contribution in [3.8, 4) is 0 Å². The number of hydrogen-bond donors (Lipinski definition) is 4. The predicted molar refractivity (Wildman–Crippen MR) is 142 cm³/mol. The molecule has 0 saturated heterocycles. The lowest BCUT2D eigenvalue weighted by Gasteiger charge is -2.62. The lowest BCUT2D eigenvalue weighted by molar-refractivity contribution is -0.218. The average Bonchev–Trinajstić information content (AvgIpc) is 3.07. The summed E-state index contributed by atoms with van der Waals surface area (Å²) in [6, 6.07) is -0.795. The molecule has 0 aromatic carbocycles. The van der Waals surface area contributed by atoms with E-state index in [1.54, 1.807) is 26.8 Å². The molecule has 4 rings (SSSR count). The number of allylic oxidation sites excluding steroid dienone is 4. The Morgan fingerprint density at radius 2 is 2.03 bits per heavy atom. The van der Waals surface area contributed by atoms with Crippen LogP contribution in [0.3, 0.4) is 0 Å². The quantitative estimate of drug-likeness (QED) is 0.322. The molecule has 10 heteroatoms. The van der Waals surface area contributed by atoms with Crippen molar-refractivity contribution in [1.82, 2.24) is 10.6 Å². The Morgan fingerprint density at radius 3 is 2.68 bits per heavy atom. The fourth-order valence-electron chi connectivity index (χ4n) is 8.17. The van der Waals surface area contributed by atoms with Gasteiger partial charge >= 0.3 is 0 Å². The third-order valence-corrected chi connectivity index (χ3v) is 10.9. The first kappa shape index (κ1) is 29.0. The summed E-state index contributed by atoms with van der Waals surface area (Å²) in [5.41, 5.74) is -5.52. The van der Waals surface area contributed by atoms with E-state index < -0.39 is 64.3 Å². The number of halogens is 1. The van der Waals surface area contributed by atoms with Crippen molar-refractivity contribution in [1.29, 1.82) is 0 Å². The molecule has 38 heavy (non-hydrogen) atoms. The highest BCUT2D eigenvalue weighted by Crippen LogP contribution is 2.70. The molecule has 4 N–H and O–H groups in total. The minimum atomic E-state index is -2.05. The normalized spacial score (nSPS) is 42.3. The fraction of sp³-hybridized carbons (Fsp3) is 0.714. The Balaban J connectivity index is 1.59. The summed E-state index contributed by atoms with van der Waals surface area (Å²) in [4.78, 5) is 49.2. The van der Waals surface area contributed by atoms with Crippen LogP contribution in [0.1, 0.15) is 52.9 Å². The van der Waals surface area contributed by atoms with Crippen LogP contribution in [0.5, 0.6) is 0 Å². The van der Waals surface area contributed by atoms with Gasteiger partial charge in [0.25, 0.3) is 0 Å². The van der Waals surface area contributed by atoms with E-state index in [4.69, 9.17) is 0 Å². The van der Waals surface area contributed by atoms with Crippen LogP contribution in [-0.2, 0) is 19.2 Å². The zero-order valence-corrected chi connectivity index (χ0v) is 23.3. The zero-order chi connectivity index (χ0) is 28.1. The number of alkyl halides is 1. The molecule has 2 unspecified atom stereocenters. The molecule has 2 amide bonds. The summed E-state index contributed by atoms with van der Waals surface area (Å²) in [6.07, 6.45) is 6.84. The van der Waals surface area contributed by atoms with Crippen LogP contribution >= 0.6 is 11.8 Å². The van der Waals surface area contributed by atoms with Crippen LogP contribution in [-0.4, -0.2) is 76.1 Å². The third kappa shape index (κ3) is 4.01. The molecule has 210 valence electrons. The van der Waals surface area contributed by atoms with Gasteiger partial charge in [-0.2, -0.15) is 11.8 Å². The number of thioether (sulfide) groups is 1. The summed E-state index contributed by atoms with van der Waals surface area (Å²) in [7, 11) is 0. The van der Waals surface area contributed by atoms with Gasteiger partial charge in [-0.05, 0) is 75.0 Å². The van der Waals surface area contributed by atoms with E-state index in [0.29, 0.717) is 43.4 Å². The number of aliphatic hydroxyl groups is 2. The molecular formula is C28H39FN2O6S. The largest absolute Gasteiger partial charge is 0.390 e. The number of rotatable bonds is 9. The number of carbonyl (C=O) groups excluding carboxylic acids is 4. The number of aliphatic hydroxyl groups excluding tert-OH is 1. The van der Waals surface area contributed by atoms with Gasteiger partial charge in [0.05, 0.1) is 12.6 Å². The van der Waals surface area contributed by atoms with Gasteiger partial charge in [-0.1, -0.05) is 25.5 Å². The molecule has 0 aromatic rings. The van der Waals surface area contributed by atoms with Gasteiger partial charge in [0.15, 0.2) is 17.2 Å². The summed E-state index contributed by atoms with van der Waals surface area (Å²) in [5.74, 6) is -2.18. The molecule has 0 heterocycles. The predicted octanol–water partition coefficient (Wildman–Crippen LogP) is 1.89. The van der Waals surface area contributed by atoms with E-state index in [1.165, 1.54) is 23.9 Å². The molecule has 0 spiro atoms. The molecule has 4 aliphatic rings. The van der Waals surface area contributed by atoms with Crippen LogP contribution in [0.25, 0.3) is 0 Å². The summed E-state index contributed by atoms with van der Waals surface area (Å²) < 4.78 is 17.2. The molecule has 0 radical (unpaired) electrons. The van der Waals surface area contributed by atoms with Crippen LogP contribution in [0, 0.1) is 28.6 Å². The number of amides is 2. The number of Topliss-reactive ketones (excluding diaryl/α,β-unsaturated/α-hetero) is 1. The topological polar surface area (TPSA) is 133 Å².